The first-order valence-corrected chi connectivity index (χ1v) is 8.41. The zero-order valence-corrected chi connectivity index (χ0v) is 14.1. The summed E-state index contributed by atoms with van der Waals surface area (Å²) in [5.41, 5.74) is 2.64. The highest BCUT2D eigenvalue weighted by atomic mass is 16.5. The molecule has 3 atom stereocenters. The first-order valence-electron chi connectivity index (χ1n) is 8.41. The third-order valence-corrected chi connectivity index (χ3v) is 4.42. The minimum absolute atomic E-state index is 0.0458. The molecule has 1 saturated heterocycles. The standard InChI is InChI=1S/C20H21N3O2/c1-14(16-9-7-15(13-21)8-10-16)22-20(24)23-18-11-12-25-19(18)17-5-3-2-4-6-17/h2-10,14,18-19H,11-12H2,1H3,(H2,22,23,24). The summed E-state index contributed by atoms with van der Waals surface area (Å²) >= 11 is 0. The summed E-state index contributed by atoms with van der Waals surface area (Å²) in [5.74, 6) is 0. The van der Waals surface area contributed by atoms with E-state index in [4.69, 9.17) is 10.00 Å². The van der Waals surface area contributed by atoms with E-state index in [-0.39, 0.29) is 24.2 Å². The number of rotatable bonds is 4. The highest BCUT2D eigenvalue weighted by molar-refractivity contribution is 5.75. The van der Waals surface area contributed by atoms with E-state index >= 15 is 0 Å². The highest BCUT2D eigenvalue weighted by Gasteiger charge is 2.31. The van der Waals surface area contributed by atoms with E-state index in [1.807, 2.05) is 49.4 Å². The lowest BCUT2D eigenvalue weighted by molar-refractivity contribution is 0.0998. The number of urea groups is 1. The molecular formula is C20H21N3O2. The van der Waals surface area contributed by atoms with Crippen molar-refractivity contribution in [3.05, 3.63) is 71.3 Å². The van der Waals surface area contributed by atoms with Crippen molar-refractivity contribution in [3.63, 3.8) is 0 Å². The molecule has 1 aliphatic heterocycles. The van der Waals surface area contributed by atoms with Gasteiger partial charge in [0.25, 0.3) is 0 Å². The van der Waals surface area contributed by atoms with E-state index in [0.717, 1.165) is 17.5 Å². The van der Waals surface area contributed by atoms with E-state index in [1.165, 1.54) is 0 Å². The maximum atomic E-state index is 12.4. The number of nitrogens with one attached hydrogen (secondary N) is 2. The minimum atomic E-state index is -0.215. The number of amides is 2. The summed E-state index contributed by atoms with van der Waals surface area (Å²) in [7, 11) is 0. The van der Waals surface area contributed by atoms with Gasteiger partial charge in [0.15, 0.2) is 0 Å². The quantitative estimate of drug-likeness (QED) is 0.899. The molecule has 0 radical (unpaired) electrons. The molecule has 0 saturated carbocycles. The molecule has 1 fully saturated rings. The molecule has 0 bridgehead atoms. The van der Waals surface area contributed by atoms with Gasteiger partial charge >= 0.3 is 6.03 Å². The largest absolute Gasteiger partial charge is 0.371 e. The molecule has 1 aliphatic rings. The lowest BCUT2D eigenvalue weighted by Gasteiger charge is -2.22. The Morgan fingerprint density at radius 3 is 2.60 bits per heavy atom. The Morgan fingerprint density at radius 2 is 1.92 bits per heavy atom. The Labute approximate surface area is 147 Å². The Balaban J connectivity index is 1.59. The topological polar surface area (TPSA) is 74.2 Å². The Bertz CT molecular complexity index is 753. The van der Waals surface area contributed by atoms with Crippen LogP contribution in [0.15, 0.2) is 54.6 Å². The number of carbonyl (C=O) groups excluding carboxylic acids is 1. The predicted molar refractivity (Wildman–Crippen MR) is 94.8 cm³/mol. The third kappa shape index (κ3) is 4.17. The fourth-order valence-corrected chi connectivity index (χ4v) is 3.04. The maximum absolute atomic E-state index is 12.4. The number of hydrogen-bond donors (Lipinski definition) is 2. The molecule has 2 aromatic carbocycles. The summed E-state index contributed by atoms with van der Waals surface area (Å²) in [6.07, 6.45) is 0.676. The van der Waals surface area contributed by atoms with Crippen LogP contribution in [0.5, 0.6) is 0 Å². The van der Waals surface area contributed by atoms with Gasteiger partial charge in [0.2, 0.25) is 0 Å². The minimum Gasteiger partial charge on any atom is -0.371 e. The molecule has 0 spiro atoms. The van der Waals surface area contributed by atoms with Crippen molar-refractivity contribution >= 4 is 6.03 Å². The number of ether oxygens (including phenoxy) is 1. The molecule has 0 aliphatic carbocycles. The second kappa shape index (κ2) is 7.82. The van der Waals surface area contributed by atoms with Gasteiger partial charge in [-0.3, -0.25) is 0 Å². The van der Waals surface area contributed by atoms with Crippen molar-refractivity contribution in [3.8, 4) is 6.07 Å². The number of hydrogen-bond acceptors (Lipinski definition) is 3. The van der Waals surface area contributed by atoms with Gasteiger partial charge in [0.05, 0.1) is 23.7 Å². The monoisotopic (exact) mass is 335 g/mol. The second-order valence-corrected chi connectivity index (χ2v) is 6.17. The average molecular weight is 335 g/mol. The lowest BCUT2D eigenvalue weighted by Crippen LogP contribution is -2.44. The molecule has 5 heteroatoms. The van der Waals surface area contributed by atoms with Crippen molar-refractivity contribution in [2.75, 3.05) is 6.61 Å². The predicted octanol–water partition coefficient (Wildman–Crippen LogP) is 3.45. The molecule has 128 valence electrons. The van der Waals surface area contributed by atoms with Crippen LogP contribution in [-0.2, 0) is 4.74 Å². The first kappa shape index (κ1) is 17.0. The van der Waals surface area contributed by atoms with Gasteiger partial charge in [-0.05, 0) is 36.6 Å². The van der Waals surface area contributed by atoms with Crippen LogP contribution in [0.1, 0.15) is 42.2 Å². The summed E-state index contributed by atoms with van der Waals surface area (Å²) in [6.45, 7) is 2.55. The molecule has 1 heterocycles. The lowest BCUT2D eigenvalue weighted by atomic mass is 10.0. The highest BCUT2D eigenvalue weighted by Crippen LogP contribution is 2.28. The number of benzene rings is 2. The van der Waals surface area contributed by atoms with Crippen LogP contribution in [0, 0.1) is 11.3 Å². The Morgan fingerprint density at radius 1 is 1.20 bits per heavy atom. The smallest absolute Gasteiger partial charge is 0.315 e. The fraction of sp³-hybridized carbons (Fsp3) is 0.300. The maximum Gasteiger partial charge on any atom is 0.315 e. The van der Waals surface area contributed by atoms with E-state index in [0.29, 0.717) is 12.2 Å². The number of nitrogens with zero attached hydrogens (tertiary/aromatic N) is 1. The summed E-state index contributed by atoms with van der Waals surface area (Å²) in [6, 6.07) is 18.8. The van der Waals surface area contributed by atoms with Crippen LogP contribution < -0.4 is 10.6 Å². The van der Waals surface area contributed by atoms with Gasteiger partial charge in [0.1, 0.15) is 6.10 Å². The zero-order chi connectivity index (χ0) is 17.6. The fourth-order valence-electron chi connectivity index (χ4n) is 3.04. The van der Waals surface area contributed by atoms with Crippen LogP contribution in [-0.4, -0.2) is 18.7 Å². The Hall–Kier alpha value is -2.84. The van der Waals surface area contributed by atoms with Crippen molar-refractivity contribution in [2.24, 2.45) is 0 Å². The third-order valence-electron chi connectivity index (χ3n) is 4.42. The summed E-state index contributed by atoms with van der Waals surface area (Å²) < 4.78 is 5.79. The molecule has 2 amide bonds. The molecular weight excluding hydrogens is 314 g/mol. The van der Waals surface area contributed by atoms with Crippen LogP contribution in [0.3, 0.4) is 0 Å². The van der Waals surface area contributed by atoms with Gasteiger partial charge < -0.3 is 15.4 Å². The van der Waals surface area contributed by atoms with Crippen LogP contribution in [0.25, 0.3) is 0 Å². The Kier molecular flexibility index (Phi) is 5.32. The van der Waals surface area contributed by atoms with E-state index in [9.17, 15) is 4.79 Å². The summed E-state index contributed by atoms with van der Waals surface area (Å²) in [5, 5.41) is 14.8. The van der Waals surface area contributed by atoms with Crippen molar-refractivity contribution in [1.29, 1.82) is 5.26 Å². The van der Waals surface area contributed by atoms with Crippen molar-refractivity contribution < 1.29 is 9.53 Å². The first-order chi connectivity index (χ1) is 12.2. The van der Waals surface area contributed by atoms with Gasteiger partial charge in [-0.1, -0.05) is 42.5 Å². The molecule has 3 rings (SSSR count). The summed E-state index contributed by atoms with van der Waals surface area (Å²) in [4.78, 5) is 12.4. The van der Waals surface area contributed by atoms with Crippen LogP contribution in [0.2, 0.25) is 0 Å². The van der Waals surface area contributed by atoms with Gasteiger partial charge in [-0.15, -0.1) is 0 Å². The average Bonchev–Trinajstić information content (AvgIpc) is 3.10. The van der Waals surface area contributed by atoms with Crippen molar-refractivity contribution in [1.82, 2.24) is 10.6 Å². The molecule has 25 heavy (non-hydrogen) atoms. The normalized spacial score (nSPS) is 20.5. The van der Waals surface area contributed by atoms with E-state index in [1.54, 1.807) is 12.1 Å². The molecule has 2 N–H and O–H groups in total. The SMILES string of the molecule is CC(NC(=O)NC1CCOC1c1ccccc1)c1ccc(C#N)cc1. The van der Waals surface area contributed by atoms with E-state index < -0.39 is 0 Å². The molecule has 5 nitrogen and oxygen atoms in total. The second-order valence-electron chi connectivity index (χ2n) is 6.17. The zero-order valence-electron chi connectivity index (χ0n) is 14.1. The van der Waals surface area contributed by atoms with Gasteiger partial charge in [-0.25, -0.2) is 4.79 Å². The number of carbonyl (C=O) groups is 1. The van der Waals surface area contributed by atoms with Crippen molar-refractivity contribution in [2.45, 2.75) is 31.5 Å². The van der Waals surface area contributed by atoms with E-state index in [2.05, 4.69) is 16.7 Å². The van der Waals surface area contributed by atoms with Crippen LogP contribution in [0.4, 0.5) is 4.79 Å². The molecule has 2 aromatic rings. The molecule has 3 unspecified atom stereocenters. The van der Waals surface area contributed by atoms with Gasteiger partial charge in [-0.2, -0.15) is 5.26 Å². The molecule has 0 aromatic heterocycles. The van der Waals surface area contributed by atoms with Gasteiger partial charge in [0, 0.05) is 6.61 Å². The van der Waals surface area contributed by atoms with Crippen LogP contribution >= 0.6 is 0 Å². The number of nitriles is 1.